The van der Waals surface area contributed by atoms with Gasteiger partial charge in [-0.2, -0.15) is 0 Å². The summed E-state index contributed by atoms with van der Waals surface area (Å²) in [6.07, 6.45) is 0. The summed E-state index contributed by atoms with van der Waals surface area (Å²) in [4.78, 5) is 0. The van der Waals surface area contributed by atoms with Crippen LogP contribution < -0.4 is 11.5 Å². The van der Waals surface area contributed by atoms with Gasteiger partial charge in [-0.05, 0) is 13.8 Å². The van der Waals surface area contributed by atoms with Crippen LogP contribution in [-0.4, -0.2) is 25.6 Å². The van der Waals surface area contributed by atoms with Crippen LogP contribution in [-0.2, 0) is 6.54 Å². The Hall–Kier alpha value is -1.43. The number of hydrogen-bond donors (Lipinski definition) is 4. The van der Waals surface area contributed by atoms with E-state index in [9.17, 15) is 5.11 Å². The number of rotatable bonds is 2. The van der Waals surface area contributed by atoms with E-state index in [0.717, 1.165) is 0 Å². The van der Waals surface area contributed by atoms with Gasteiger partial charge in [-0.1, -0.05) is 0 Å². The highest BCUT2D eigenvalue weighted by molar-refractivity contribution is 5.64. The normalized spacial score (nSPS) is 11.9. The fourth-order valence-corrected chi connectivity index (χ4v) is 0.963. The Labute approximate surface area is 75.8 Å². The van der Waals surface area contributed by atoms with Gasteiger partial charge in [0.15, 0.2) is 0 Å². The maximum Gasteiger partial charge on any atom is 0.256 e. The first-order valence-electron chi connectivity index (χ1n) is 3.84. The first kappa shape index (κ1) is 9.66. The molecule has 0 saturated heterocycles. The van der Waals surface area contributed by atoms with Gasteiger partial charge in [-0.25, -0.2) is 4.68 Å². The number of nitrogens with zero attached hydrogens (tertiary/aromatic N) is 2. The summed E-state index contributed by atoms with van der Waals surface area (Å²) in [6, 6.07) is 0. The number of aromatic nitrogens is 2. The van der Waals surface area contributed by atoms with Crippen LogP contribution in [0.4, 0.5) is 11.5 Å². The third-order valence-electron chi connectivity index (χ3n) is 1.55. The molecule has 6 N–H and O–H groups in total. The molecule has 0 aliphatic heterocycles. The quantitative estimate of drug-likeness (QED) is 0.498. The Morgan fingerprint density at radius 2 is 2.00 bits per heavy atom. The summed E-state index contributed by atoms with van der Waals surface area (Å²) in [5.41, 5.74) is 10.00. The van der Waals surface area contributed by atoms with Gasteiger partial charge in [0, 0.05) is 0 Å². The summed E-state index contributed by atoms with van der Waals surface area (Å²) in [6.45, 7) is 3.41. The van der Waals surface area contributed by atoms with E-state index in [2.05, 4.69) is 5.10 Å². The Balaban J connectivity index is 2.97. The average Bonchev–Trinajstić information content (AvgIpc) is 2.15. The summed E-state index contributed by atoms with van der Waals surface area (Å²) in [7, 11) is 0. The predicted octanol–water partition coefficient (Wildman–Crippen LogP) is -0.476. The monoisotopic (exact) mass is 186 g/mol. The number of aromatic hydroxyl groups is 1. The molecule has 0 unspecified atom stereocenters. The largest absolute Gasteiger partial charge is 0.491 e. The number of nitrogen functional groups attached to an aromatic ring is 2. The van der Waals surface area contributed by atoms with Gasteiger partial charge in [-0.3, -0.25) is 0 Å². The second-order valence-electron chi connectivity index (χ2n) is 3.59. The number of aliphatic hydroxyl groups is 1. The molecule has 0 aromatic carbocycles. The van der Waals surface area contributed by atoms with Crippen molar-refractivity contribution in [2.24, 2.45) is 0 Å². The average molecular weight is 186 g/mol. The molecule has 1 aromatic rings. The maximum atomic E-state index is 9.46. The van der Waals surface area contributed by atoms with Crippen LogP contribution in [0.25, 0.3) is 0 Å². The highest BCUT2D eigenvalue weighted by Crippen LogP contribution is 2.25. The zero-order chi connectivity index (χ0) is 10.2. The van der Waals surface area contributed by atoms with E-state index >= 15 is 0 Å². The van der Waals surface area contributed by atoms with Crippen LogP contribution in [0, 0.1) is 0 Å². The zero-order valence-corrected chi connectivity index (χ0v) is 7.65. The third-order valence-corrected chi connectivity index (χ3v) is 1.55. The van der Waals surface area contributed by atoms with Crippen molar-refractivity contribution >= 4 is 11.5 Å². The van der Waals surface area contributed by atoms with Crippen LogP contribution in [0.2, 0.25) is 0 Å². The van der Waals surface area contributed by atoms with E-state index in [0.29, 0.717) is 0 Å². The van der Waals surface area contributed by atoms with Gasteiger partial charge in [0.05, 0.1) is 12.1 Å². The molecular weight excluding hydrogens is 172 g/mol. The van der Waals surface area contributed by atoms with Crippen LogP contribution >= 0.6 is 0 Å². The minimum atomic E-state index is -0.945. The molecule has 0 amide bonds. The van der Waals surface area contributed by atoms with Crippen molar-refractivity contribution in [2.75, 3.05) is 11.5 Å². The SMILES string of the molecule is CC(C)(O)Cn1nc(O)c(N)c1N. The fraction of sp³-hybridized carbons (Fsp3) is 0.571. The van der Waals surface area contributed by atoms with Crippen LogP contribution in [0.15, 0.2) is 0 Å². The lowest BCUT2D eigenvalue weighted by Crippen LogP contribution is -2.27. The topological polar surface area (TPSA) is 110 Å². The van der Waals surface area contributed by atoms with Gasteiger partial charge in [0.1, 0.15) is 11.5 Å². The molecule has 0 radical (unpaired) electrons. The lowest BCUT2D eigenvalue weighted by molar-refractivity contribution is 0.0581. The van der Waals surface area contributed by atoms with E-state index in [1.54, 1.807) is 13.8 Å². The highest BCUT2D eigenvalue weighted by Gasteiger charge is 2.18. The molecule has 0 spiro atoms. The molecule has 1 aromatic heterocycles. The minimum absolute atomic E-state index is 0.0456. The van der Waals surface area contributed by atoms with Crippen LogP contribution in [0.1, 0.15) is 13.8 Å². The van der Waals surface area contributed by atoms with Gasteiger partial charge < -0.3 is 21.7 Å². The fourth-order valence-electron chi connectivity index (χ4n) is 0.963. The molecule has 74 valence electrons. The van der Waals surface area contributed by atoms with E-state index < -0.39 is 5.60 Å². The molecular formula is C7H14N4O2. The molecule has 0 fully saturated rings. The van der Waals surface area contributed by atoms with E-state index in [-0.39, 0.29) is 23.9 Å². The molecule has 0 bridgehead atoms. The second kappa shape index (κ2) is 2.81. The van der Waals surface area contributed by atoms with Crippen LogP contribution in [0.5, 0.6) is 5.88 Å². The smallest absolute Gasteiger partial charge is 0.256 e. The first-order valence-corrected chi connectivity index (χ1v) is 3.84. The van der Waals surface area contributed by atoms with Crippen molar-refractivity contribution in [2.45, 2.75) is 26.0 Å². The predicted molar refractivity (Wildman–Crippen MR) is 49.0 cm³/mol. The molecule has 1 heterocycles. The summed E-state index contributed by atoms with van der Waals surface area (Å²) >= 11 is 0. The Bertz CT molecular complexity index is 313. The molecule has 0 aliphatic carbocycles. The van der Waals surface area contributed by atoms with Crippen molar-refractivity contribution in [3.05, 3.63) is 0 Å². The first-order chi connectivity index (χ1) is 5.81. The number of hydrogen-bond acceptors (Lipinski definition) is 5. The van der Waals surface area contributed by atoms with Gasteiger partial charge >= 0.3 is 0 Å². The molecule has 0 saturated carbocycles. The van der Waals surface area contributed by atoms with E-state index in [1.807, 2.05) is 0 Å². The van der Waals surface area contributed by atoms with E-state index in [4.69, 9.17) is 16.6 Å². The second-order valence-corrected chi connectivity index (χ2v) is 3.59. The van der Waals surface area contributed by atoms with Gasteiger partial charge in [0.25, 0.3) is 5.88 Å². The molecule has 6 heteroatoms. The lowest BCUT2D eigenvalue weighted by atomic mass is 10.1. The Morgan fingerprint density at radius 3 is 2.31 bits per heavy atom. The summed E-state index contributed by atoms with van der Waals surface area (Å²) in [5, 5.41) is 22.2. The van der Waals surface area contributed by atoms with Gasteiger partial charge in [-0.15, -0.1) is 5.10 Å². The van der Waals surface area contributed by atoms with E-state index in [1.165, 1.54) is 4.68 Å². The Morgan fingerprint density at radius 1 is 1.46 bits per heavy atom. The van der Waals surface area contributed by atoms with Gasteiger partial charge in [0.2, 0.25) is 0 Å². The number of anilines is 2. The van der Waals surface area contributed by atoms with Crippen molar-refractivity contribution in [1.29, 1.82) is 0 Å². The van der Waals surface area contributed by atoms with Crippen LogP contribution in [0.3, 0.4) is 0 Å². The molecule has 0 atom stereocenters. The van der Waals surface area contributed by atoms with Crippen molar-refractivity contribution in [3.63, 3.8) is 0 Å². The number of nitrogens with two attached hydrogens (primary N) is 2. The highest BCUT2D eigenvalue weighted by atomic mass is 16.3. The standard InChI is InChI=1S/C7H14N4O2/c1-7(2,13)3-11-5(9)4(8)6(12)10-11/h13H,3,8-9H2,1-2H3,(H,10,12). The molecule has 6 nitrogen and oxygen atoms in total. The molecule has 0 aliphatic rings. The van der Waals surface area contributed by atoms with Crippen molar-refractivity contribution in [1.82, 2.24) is 9.78 Å². The summed E-state index contributed by atoms with van der Waals surface area (Å²) < 4.78 is 1.27. The molecule has 13 heavy (non-hydrogen) atoms. The zero-order valence-electron chi connectivity index (χ0n) is 7.65. The summed E-state index contributed by atoms with van der Waals surface area (Å²) in [5.74, 6) is -0.138. The molecule has 1 rings (SSSR count). The van der Waals surface area contributed by atoms with Crippen molar-refractivity contribution in [3.8, 4) is 5.88 Å². The lowest BCUT2D eigenvalue weighted by Gasteiger charge is -2.17. The minimum Gasteiger partial charge on any atom is -0.491 e. The van der Waals surface area contributed by atoms with Crippen molar-refractivity contribution < 1.29 is 10.2 Å². The third kappa shape index (κ3) is 2.03. The maximum absolute atomic E-state index is 9.46. The Kier molecular flexibility index (Phi) is 2.09.